The normalized spacial score (nSPS) is 11.0. The molecular weight excluding hydrogens is 399 g/mol. The molecule has 0 radical (unpaired) electrons. The molecule has 1 aromatic heterocycles. The Kier molecular flexibility index (Phi) is 6.46. The quantitative estimate of drug-likeness (QED) is 0.407. The number of halogens is 3. The number of carbonyl (C=O) groups excluding carboxylic acids is 2. The van der Waals surface area contributed by atoms with Gasteiger partial charge in [-0.1, -0.05) is 36.4 Å². The highest BCUT2D eigenvalue weighted by atomic mass is 19.4. The van der Waals surface area contributed by atoms with E-state index >= 15 is 0 Å². The Morgan fingerprint density at radius 2 is 1.73 bits per heavy atom. The lowest BCUT2D eigenvalue weighted by molar-refractivity contribution is -0.161. The number of aromatic nitrogens is 1. The number of esters is 1. The maximum Gasteiger partial charge on any atom is 0.422 e. The first kappa shape index (κ1) is 21.0. The minimum Gasteiger partial charge on any atom is -0.488 e. The molecule has 3 rings (SSSR count). The van der Waals surface area contributed by atoms with Gasteiger partial charge < -0.3 is 9.47 Å². The third-order valence-corrected chi connectivity index (χ3v) is 4.06. The predicted molar refractivity (Wildman–Crippen MR) is 102 cm³/mol. The second-order valence-electron chi connectivity index (χ2n) is 6.26. The van der Waals surface area contributed by atoms with Crippen molar-refractivity contribution in [2.75, 3.05) is 6.61 Å². The fourth-order valence-corrected chi connectivity index (χ4v) is 2.56. The Labute approximate surface area is 170 Å². The third-order valence-electron chi connectivity index (χ3n) is 4.06. The van der Waals surface area contributed by atoms with Crippen LogP contribution < -0.4 is 4.74 Å². The molecule has 0 fully saturated rings. The summed E-state index contributed by atoms with van der Waals surface area (Å²) in [6.45, 7) is -1.38. The lowest BCUT2D eigenvalue weighted by Crippen LogP contribution is -2.20. The van der Waals surface area contributed by atoms with Crippen molar-refractivity contribution in [3.8, 4) is 17.0 Å². The van der Waals surface area contributed by atoms with Crippen LogP contribution in [0, 0.1) is 0 Å². The fourth-order valence-electron chi connectivity index (χ4n) is 2.56. The van der Waals surface area contributed by atoms with Crippen molar-refractivity contribution in [3.05, 3.63) is 83.6 Å². The molecular formula is C22H16F3NO4. The average molecular weight is 415 g/mol. The molecule has 1 heterocycles. The second kappa shape index (κ2) is 9.21. The average Bonchev–Trinajstić information content (AvgIpc) is 2.76. The van der Waals surface area contributed by atoms with Crippen LogP contribution in [0.4, 0.5) is 13.2 Å². The van der Waals surface area contributed by atoms with Gasteiger partial charge in [-0.15, -0.1) is 0 Å². The van der Waals surface area contributed by atoms with Crippen LogP contribution in [0.3, 0.4) is 0 Å². The van der Waals surface area contributed by atoms with Gasteiger partial charge in [0.1, 0.15) is 12.4 Å². The smallest absolute Gasteiger partial charge is 0.422 e. The number of nitrogens with zero attached hydrogens (tertiary/aromatic N) is 1. The summed E-state index contributed by atoms with van der Waals surface area (Å²) in [6, 6.07) is 17.0. The molecule has 0 bridgehead atoms. The number of rotatable bonds is 7. The zero-order valence-electron chi connectivity index (χ0n) is 15.6. The number of para-hydroxylation sites is 1. The molecule has 0 atom stereocenters. The molecule has 5 nitrogen and oxygen atoms in total. The summed E-state index contributed by atoms with van der Waals surface area (Å²) in [5, 5.41) is 0. The van der Waals surface area contributed by atoms with E-state index in [9.17, 15) is 22.8 Å². The molecule has 0 aliphatic carbocycles. The Morgan fingerprint density at radius 1 is 1.00 bits per heavy atom. The molecule has 0 spiro atoms. The fraction of sp³-hybridized carbons (Fsp3) is 0.136. The lowest BCUT2D eigenvalue weighted by Gasteiger charge is -2.09. The van der Waals surface area contributed by atoms with Crippen molar-refractivity contribution in [2.24, 2.45) is 0 Å². The van der Waals surface area contributed by atoms with Crippen molar-refractivity contribution in [2.45, 2.75) is 12.8 Å². The van der Waals surface area contributed by atoms with E-state index in [2.05, 4.69) is 9.72 Å². The Balaban J connectivity index is 1.62. The number of carbonyl (C=O) groups is 2. The minimum atomic E-state index is -4.58. The van der Waals surface area contributed by atoms with Crippen LogP contribution in [0.1, 0.15) is 26.3 Å². The van der Waals surface area contributed by atoms with E-state index in [-0.39, 0.29) is 12.2 Å². The molecule has 0 aliphatic heterocycles. The van der Waals surface area contributed by atoms with Gasteiger partial charge in [-0.2, -0.15) is 13.2 Å². The topological polar surface area (TPSA) is 65.5 Å². The molecule has 0 saturated heterocycles. The first-order valence-electron chi connectivity index (χ1n) is 8.82. The second-order valence-corrected chi connectivity index (χ2v) is 6.26. The number of hydrogen-bond donors (Lipinski definition) is 0. The molecule has 0 saturated carbocycles. The van der Waals surface area contributed by atoms with Gasteiger partial charge >= 0.3 is 12.1 Å². The van der Waals surface area contributed by atoms with Crippen LogP contribution in [0.15, 0.2) is 66.9 Å². The van der Waals surface area contributed by atoms with Crippen LogP contribution in [0.25, 0.3) is 11.3 Å². The largest absolute Gasteiger partial charge is 0.488 e. The standard InChI is InChI=1S/C22H16F3NO4/c23-22(24,25)14-30-21(28)17-9-10-19(26-11-17)16-7-5-15(6-8-16)13-29-20-4-2-1-3-18(20)12-27/h1-12H,13-14H2. The molecule has 30 heavy (non-hydrogen) atoms. The van der Waals surface area contributed by atoms with E-state index in [0.717, 1.165) is 17.4 Å². The van der Waals surface area contributed by atoms with E-state index in [4.69, 9.17) is 4.74 Å². The summed E-state index contributed by atoms with van der Waals surface area (Å²) in [6.07, 6.45) is -2.68. The molecule has 0 N–H and O–H groups in total. The summed E-state index contributed by atoms with van der Waals surface area (Å²) >= 11 is 0. The van der Waals surface area contributed by atoms with Crippen LogP contribution in [-0.2, 0) is 11.3 Å². The zero-order valence-corrected chi connectivity index (χ0v) is 15.6. The molecule has 3 aromatic rings. The van der Waals surface area contributed by atoms with Gasteiger partial charge in [0.05, 0.1) is 16.8 Å². The van der Waals surface area contributed by atoms with Crippen molar-refractivity contribution < 1.29 is 32.2 Å². The van der Waals surface area contributed by atoms with Gasteiger partial charge in [-0.05, 0) is 29.8 Å². The van der Waals surface area contributed by atoms with Crippen molar-refractivity contribution >= 4 is 12.3 Å². The number of alkyl halides is 3. The maximum absolute atomic E-state index is 12.1. The van der Waals surface area contributed by atoms with Crippen molar-refractivity contribution in [1.82, 2.24) is 4.98 Å². The van der Waals surface area contributed by atoms with Gasteiger partial charge in [0.2, 0.25) is 0 Å². The lowest BCUT2D eigenvalue weighted by atomic mass is 10.1. The van der Waals surface area contributed by atoms with E-state index in [1.54, 1.807) is 36.4 Å². The number of aldehydes is 1. The Hall–Kier alpha value is -3.68. The molecule has 0 amide bonds. The third kappa shape index (κ3) is 5.66. The molecule has 0 aliphatic rings. The number of benzene rings is 2. The molecule has 154 valence electrons. The molecule has 8 heteroatoms. The van der Waals surface area contributed by atoms with Crippen molar-refractivity contribution in [3.63, 3.8) is 0 Å². The summed E-state index contributed by atoms with van der Waals surface area (Å²) in [4.78, 5) is 26.7. The number of pyridine rings is 1. The van der Waals surface area contributed by atoms with Gasteiger partial charge in [-0.3, -0.25) is 9.78 Å². The molecule has 0 unspecified atom stereocenters. The molecule has 2 aromatic carbocycles. The van der Waals surface area contributed by atoms with Gasteiger partial charge in [-0.25, -0.2) is 4.79 Å². The first-order valence-corrected chi connectivity index (χ1v) is 8.82. The van der Waals surface area contributed by atoms with Crippen LogP contribution >= 0.6 is 0 Å². The van der Waals surface area contributed by atoms with Gasteiger partial charge in [0.25, 0.3) is 0 Å². The van der Waals surface area contributed by atoms with E-state index < -0.39 is 18.8 Å². The van der Waals surface area contributed by atoms with Crippen LogP contribution in [-0.4, -0.2) is 30.0 Å². The van der Waals surface area contributed by atoms with Gasteiger partial charge in [0, 0.05) is 11.8 Å². The first-order chi connectivity index (χ1) is 14.4. The summed E-state index contributed by atoms with van der Waals surface area (Å²) in [7, 11) is 0. The SMILES string of the molecule is O=Cc1ccccc1OCc1ccc(-c2ccc(C(=O)OCC(F)(F)F)cn2)cc1. The van der Waals surface area contributed by atoms with E-state index in [0.29, 0.717) is 17.0 Å². The van der Waals surface area contributed by atoms with E-state index in [1.165, 1.54) is 18.3 Å². The highest BCUT2D eigenvalue weighted by Crippen LogP contribution is 2.21. The predicted octanol–water partition coefficient (Wildman–Crippen LogP) is 4.86. The highest BCUT2D eigenvalue weighted by Gasteiger charge is 2.29. The minimum absolute atomic E-state index is 0.0677. The van der Waals surface area contributed by atoms with E-state index in [1.807, 2.05) is 12.1 Å². The highest BCUT2D eigenvalue weighted by molar-refractivity contribution is 5.89. The number of ether oxygens (including phenoxy) is 2. The monoisotopic (exact) mass is 415 g/mol. The Morgan fingerprint density at radius 3 is 2.37 bits per heavy atom. The zero-order chi connectivity index (χ0) is 21.6. The summed E-state index contributed by atoms with van der Waals surface area (Å²) < 4.78 is 46.2. The van der Waals surface area contributed by atoms with Crippen LogP contribution in [0.5, 0.6) is 5.75 Å². The van der Waals surface area contributed by atoms with Gasteiger partial charge in [0.15, 0.2) is 12.9 Å². The summed E-state index contributed by atoms with van der Waals surface area (Å²) in [5.41, 5.74) is 2.56. The number of hydrogen-bond acceptors (Lipinski definition) is 5. The summed E-state index contributed by atoms with van der Waals surface area (Å²) in [5.74, 6) is -0.597. The van der Waals surface area contributed by atoms with Crippen LogP contribution in [0.2, 0.25) is 0 Å². The Bertz CT molecular complexity index is 1020. The van der Waals surface area contributed by atoms with Crippen molar-refractivity contribution in [1.29, 1.82) is 0 Å². The maximum atomic E-state index is 12.1.